The van der Waals surface area contributed by atoms with Crippen LogP contribution in [-0.2, 0) is 6.54 Å². The topological polar surface area (TPSA) is 62.8 Å². The lowest BCUT2D eigenvalue weighted by atomic mass is 10.0. The van der Waals surface area contributed by atoms with Gasteiger partial charge in [-0.2, -0.15) is 0 Å². The second kappa shape index (κ2) is 9.33. The molecule has 7 heteroatoms. The van der Waals surface area contributed by atoms with Gasteiger partial charge in [-0.25, -0.2) is 0 Å². The SMILES string of the molecule is COc1ccc(CNCC2(O)CCNC2)c(OC)c1.Cl.Cl. The van der Waals surface area contributed by atoms with Crippen LogP contribution in [-0.4, -0.2) is 44.6 Å². The molecule has 1 unspecified atom stereocenters. The van der Waals surface area contributed by atoms with Gasteiger partial charge in [0.05, 0.1) is 19.8 Å². The van der Waals surface area contributed by atoms with E-state index in [4.69, 9.17) is 9.47 Å². The third kappa shape index (κ3) is 5.52. The molecule has 1 aliphatic heterocycles. The van der Waals surface area contributed by atoms with E-state index in [1.54, 1.807) is 14.2 Å². The molecule has 1 aromatic rings. The number of ether oxygens (including phenoxy) is 2. The summed E-state index contributed by atoms with van der Waals surface area (Å²) in [5.74, 6) is 1.57. The molecule has 0 saturated carbocycles. The molecular weight excluding hydrogens is 315 g/mol. The normalized spacial score (nSPS) is 20.3. The lowest BCUT2D eigenvalue weighted by molar-refractivity contribution is 0.0608. The van der Waals surface area contributed by atoms with Gasteiger partial charge in [0, 0.05) is 31.3 Å². The maximum absolute atomic E-state index is 10.2. The first kappa shape index (κ1) is 20.3. The number of hydrogen-bond donors (Lipinski definition) is 3. The predicted octanol–water partition coefficient (Wildman–Crippen LogP) is 1.36. The minimum absolute atomic E-state index is 0. The zero-order valence-corrected chi connectivity index (χ0v) is 14.0. The summed E-state index contributed by atoms with van der Waals surface area (Å²) >= 11 is 0. The lowest BCUT2D eigenvalue weighted by Crippen LogP contribution is -2.42. The zero-order valence-electron chi connectivity index (χ0n) is 12.3. The van der Waals surface area contributed by atoms with Gasteiger partial charge in [-0.1, -0.05) is 6.07 Å². The molecular formula is C14H24Cl2N2O3. The summed E-state index contributed by atoms with van der Waals surface area (Å²) in [7, 11) is 3.28. The Labute approximate surface area is 138 Å². The van der Waals surface area contributed by atoms with Crippen molar-refractivity contribution < 1.29 is 14.6 Å². The highest BCUT2D eigenvalue weighted by molar-refractivity contribution is 5.85. The molecule has 1 aromatic carbocycles. The minimum atomic E-state index is -0.625. The van der Waals surface area contributed by atoms with E-state index in [0.29, 0.717) is 19.6 Å². The molecule has 122 valence electrons. The molecule has 0 amide bonds. The fourth-order valence-corrected chi connectivity index (χ4v) is 2.31. The third-order valence-corrected chi connectivity index (χ3v) is 3.48. The van der Waals surface area contributed by atoms with E-state index in [9.17, 15) is 5.11 Å². The van der Waals surface area contributed by atoms with Crippen LogP contribution in [0.25, 0.3) is 0 Å². The first-order valence-electron chi connectivity index (χ1n) is 6.51. The molecule has 21 heavy (non-hydrogen) atoms. The molecule has 0 aliphatic carbocycles. The van der Waals surface area contributed by atoms with Gasteiger partial charge in [-0.3, -0.25) is 0 Å². The second-order valence-electron chi connectivity index (χ2n) is 4.93. The van der Waals surface area contributed by atoms with E-state index in [-0.39, 0.29) is 24.8 Å². The molecule has 0 spiro atoms. The van der Waals surface area contributed by atoms with Crippen LogP contribution in [0, 0.1) is 0 Å². The van der Waals surface area contributed by atoms with Crippen LogP contribution in [0.4, 0.5) is 0 Å². The van der Waals surface area contributed by atoms with Crippen LogP contribution in [0.3, 0.4) is 0 Å². The number of halogens is 2. The molecule has 1 heterocycles. The number of aliphatic hydroxyl groups is 1. The molecule has 1 saturated heterocycles. The van der Waals surface area contributed by atoms with Crippen LogP contribution in [0.1, 0.15) is 12.0 Å². The fourth-order valence-electron chi connectivity index (χ4n) is 2.31. The Hall–Kier alpha value is -0.720. The largest absolute Gasteiger partial charge is 0.497 e. The third-order valence-electron chi connectivity index (χ3n) is 3.48. The van der Waals surface area contributed by atoms with Crippen LogP contribution < -0.4 is 20.1 Å². The van der Waals surface area contributed by atoms with Crippen LogP contribution in [0.15, 0.2) is 18.2 Å². The lowest BCUT2D eigenvalue weighted by Gasteiger charge is -2.22. The van der Waals surface area contributed by atoms with Crippen molar-refractivity contribution in [2.24, 2.45) is 0 Å². The molecule has 5 nitrogen and oxygen atoms in total. The average Bonchev–Trinajstić information content (AvgIpc) is 2.86. The minimum Gasteiger partial charge on any atom is -0.497 e. The molecule has 2 rings (SSSR count). The van der Waals surface area contributed by atoms with Crippen molar-refractivity contribution in [1.82, 2.24) is 10.6 Å². The van der Waals surface area contributed by atoms with Gasteiger partial charge in [0.25, 0.3) is 0 Å². The van der Waals surface area contributed by atoms with Gasteiger partial charge < -0.3 is 25.2 Å². The molecule has 1 fully saturated rings. The van der Waals surface area contributed by atoms with Crippen molar-refractivity contribution in [3.8, 4) is 11.5 Å². The van der Waals surface area contributed by atoms with Crippen molar-refractivity contribution in [2.45, 2.75) is 18.6 Å². The van der Waals surface area contributed by atoms with Gasteiger partial charge in [0.15, 0.2) is 0 Å². The number of β-amino-alcohol motifs (C(OH)–C–C–N with tert-alkyl or cyclic N) is 1. The molecule has 0 radical (unpaired) electrons. The Morgan fingerprint density at radius 3 is 2.62 bits per heavy atom. The standard InChI is InChI=1S/C14H22N2O3.2ClH/c1-18-12-4-3-11(13(7-12)19-2)8-16-10-14(17)5-6-15-9-14;;/h3-4,7,15-17H,5-6,8-10H2,1-2H3;2*1H. The molecule has 1 aliphatic rings. The maximum atomic E-state index is 10.2. The Kier molecular flexibility index (Phi) is 9.01. The number of methoxy groups -OCH3 is 2. The van der Waals surface area contributed by atoms with Crippen molar-refractivity contribution in [1.29, 1.82) is 0 Å². The van der Waals surface area contributed by atoms with E-state index >= 15 is 0 Å². The molecule has 0 aromatic heterocycles. The number of rotatable bonds is 6. The van der Waals surface area contributed by atoms with Gasteiger partial charge in [0.1, 0.15) is 11.5 Å². The van der Waals surface area contributed by atoms with Gasteiger partial charge >= 0.3 is 0 Å². The summed E-state index contributed by atoms with van der Waals surface area (Å²) in [5, 5.41) is 16.7. The van der Waals surface area contributed by atoms with E-state index in [0.717, 1.165) is 30.0 Å². The van der Waals surface area contributed by atoms with Crippen molar-refractivity contribution >= 4 is 24.8 Å². The summed E-state index contributed by atoms with van der Waals surface area (Å²) in [5.41, 5.74) is 0.428. The Morgan fingerprint density at radius 2 is 2.05 bits per heavy atom. The smallest absolute Gasteiger partial charge is 0.127 e. The van der Waals surface area contributed by atoms with Gasteiger partial charge in [-0.15, -0.1) is 24.8 Å². The number of hydrogen-bond acceptors (Lipinski definition) is 5. The number of nitrogens with one attached hydrogen (secondary N) is 2. The highest BCUT2D eigenvalue weighted by Gasteiger charge is 2.30. The zero-order chi connectivity index (χ0) is 13.7. The average molecular weight is 339 g/mol. The van der Waals surface area contributed by atoms with E-state index in [2.05, 4.69) is 10.6 Å². The maximum Gasteiger partial charge on any atom is 0.127 e. The Bertz CT molecular complexity index is 427. The quantitative estimate of drug-likeness (QED) is 0.731. The summed E-state index contributed by atoms with van der Waals surface area (Å²) in [6, 6.07) is 5.75. The molecule has 3 N–H and O–H groups in total. The summed E-state index contributed by atoms with van der Waals surface area (Å²) < 4.78 is 10.5. The van der Waals surface area contributed by atoms with E-state index in [1.807, 2.05) is 18.2 Å². The van der Waals surface area contributed by atoms with Crippen LogP contribution in [0.2, 0.25) is 0 Å². The first-order valence-corrected chi connectivity index (χ1v) is 6.51. The number of benzene rings is 1. The Morgan fingerprint density at radius 1 is 1.29 bits per heavy atom. The van der Waals surface area contributed by atoms with E-state index < -0.39 is 5.60 Å². The monoisotopic (exact) mass is 338 g/mol. The van der Waals surface area contributed by atoms with Crippen molar-refractivity contribution in [3.63, 3.8) is 0 Å². The summed E-state index contributed by atoms with van der Waals surface area (Å²) in [6.45, 7) is 2.77. The van der Waals surface area contributed by atoms with Gasteiger partial charge in [-0.05, 0) is 19.0 Å². The Balaban J connectivity index is 0.00000200. The highest BCUT2D eigenvalue weighted by atomic mass is 35.5. The van der Waals surface area contributed by atoms with Crippen molar-refractivity contribution in [3.05, 3.63) is 23.8 Å². The molecule has 1 atom stereocenters. The predicted molar refractivity (Wildman–Crippen MR) is 88.2 cm³/mol. The highest BCUT2D eigenvalue weighted by Crippen LogP contribution is 2.24. The molecule has 0 bridgehead atoms. The fraction of sp³-hybridized carbons (Fsp3) is 0.571. The van der Waals surface area contributed by atoms with E-state index in [1.165, 1.54) is 0 Å². The second-order valence-corrected chi connectivity index (χ2v) is 4.93. The van der Waals surface area contributed by atoms with Crippen molar-refractivity contribution in [2.75, 3.05) is 33.9 Å². The summed E-state index contributed by atoms with van der Waals surface area (Å²) in [4.78, 5) is 0. The van der Waals surface area contributed by atoms with Crippen LogP contribution in [0.5, 0.6) is 11.5 Å². The van der Waals surface area contributed by atoms with Crippen LogP contribution >= 0.6 is 24.8 Å². The summed E-state index contributed by atoms with van der Waals surface area (Å²) in [6.07, 6.45) is 0.791. The van der Waals surface area contributed by atoms with Gasteiger partial charge in [0.2, 0.25) is 0 Å². The first-order chi connectivity index (χ1) is 9.17.